The summed E-state index contributed by atoms with van der Waals surface area (Å²) in [5.74, 6) is 0.377. The molecular formula is C28H35N7O2. The highest BCUT2D eigenvalue weighted by molar-refractivity contribution is 5.79. The van der Waals surface area contributed by atoms with Gasteiger partial charge in [0.05, 0.1) is 43.2 Å². The van der Waals surface area contributed by atoms with Crippen LogP contribution in [0.4, 0.5) is 0 Å². The molecule has 4 aromatic rings. The fraction of sp³-hybridized carbons (Fsp3) is 0.429. The Hall–Kier alpha value is -3.56. The number of fused-ring (bicyclic) bond motifs is 1. The second kappa shape index (κ2) is 10.1. The Labute approximate surface area is 217 Å². The summed E-state index contributed by atoms with van der Waals surface area (Å²) in [6, 6.07) is 10.7. The van der Waals surface area contributed by atoms with Crippen molar-refractivity contribution in [1.82, 2.24) is 34.6 Å². The molecule has 1 fully saturated rings. The summed E-state index contributed by atoms with van der Waals surface area (Å²) in [6.07, 6.45) is 3.55. The summed E-state index contributed by atoms with van der Waals surface area (Å²) in [4.78, 5) is 21.3. The van der Waals surface area contributed by atoms with E-state index in [0.717, 1.165) is 44.9 Å². The molecule has 1 amide bonds. The molecule has 1 aliphatic rings. The minimum Gasteiger partial charge on any atom is -0.377 e. The topological polar surface area (TPSA) is 91.7 Å². The highest BCUT2D eigenvalue weighted by Crippen LogP contribution is 2.36. The van der Waals surface area contributed by atoms with Crippen LogP contribution in [0.2, 0.25) is 0 Å². The van der Waals surface area contributed by atoms with Gasteiger partial charge < -0.3 is 14.5 Å². The molecule has 1 atom stereocenters. The molecule has 3 aromatic heterocycles. The Morgan fingerprint density at radius 2 is 1.89 bits per heavy atom. The van der Waals surface area contributed by atoms with Crippen LogP contribution < -0.4 is 0 Å². The molecule has 1 aliphatic heterocycles. The maximum atomic E-state index is 13.0. The van der Waals surface area contributed by atoms with E-state index < -0.39 is 0 Å². The van der Waals surface area contributed by atoms with E-state index in [1.807, 2.05) is 37.0 Å². The van der Waals surface area contributed by atoms with E-state index >= 15 is 0 Å². The second-order valence-corrected chi connectivity index (χ2v) is 10.5. The van der Waals surface area contributed by atoms with E-state index in [0.29, 0.717) is 19.8 Å². The van der Waals surface area contributed by atoms with E-state index in [2.05, 4.69) is 66.3 Å². The van der Waals surface area contributed by atoms with E-state index in [9.17, 15) is 4.79 Å². The van der Waals surface area contributed by atoms with Crippen molar-refractivity contribution < 1.29 is 9.53 Å². The zero-order chi connectivity index (χ0) is 26.3. The Kier molecular flexibility index (Phi) is 6.83. The van der Waals surface area contributed by atoms with Crippen LogP contribution >= 0.6 is 0 Å². The molecule has 37 heavy (non-hydrogen) atoms. The number of hydrogen-bond donors (Lipinski definition) is 1. The van der Waals surface area contributed by atoms with Gasteiger partial charge in [-0.2, -0.15) is 10.2 Å². The Morgan fingerprint density at radius 3 is 2.51 bits per heavy atom. The Balaban J connectivity index is 1.46. The third-order valence-corrected chi connectivity index (χ3v) is 7.07. The lowest BCUT2D eigenvalue weighted by Gasteiger charge is -2.41. The molecule has 0 radical (unpaired) electrons. The number of rotatable bonds is 8. The average molecular weight is 502 g/mol. The number of hydrogen-bond acceptors (Lipinski definition) is 6. The van der Waals surface area contributed by atoms with Gasteiger partial charge in [0.2, 0.25) is 5.91 Å². The fourth-order valence-corrected chi connectivity index (χ4v) is 5.14. The van der Waals surface area contributed by atoms with Gasteiger partial charge in [-0.3, -0.25) is 9.89 Å². The number of aromatic nitrogens is 5. The third kappa shape index (κ3) is 4.76. The van der Waals surface area contributed by atoms with Crippen molar-refractivity contribution >= 4 is 11.6 Å². The van der Waals surface area contributed by atoms with E-state index in [4.69, 9.17) is 9.84 Å². The molecule has 1 saturated heterocycles. The molecule has 194 valence electrons. The van der Waals surface area contributed by atoms with Crippen molar-refractivity contribution in [3.8, 4) is 22.5 Å². The van der Waals surface area contributed by atoms with Gasteiger partial charge in [0, 0.05) is 17.3 Å². The molecule has 4 heterocycles. The number of benzene rings is 1. The first kappa shape index (κ1) is 25.1. The number of nitrogens with one attached hydrogen (secondary N) is 1. The molecule has 9 nitrogen and oxygen atoms in total. The quantitative estimate of drug-likeness (QED) is 0.391. The molecule has 1 N–H and O–H groups in total. The predicted molar refractivity (Wildman–Crippen MR) is 143 cm³/mol. The van der Waals surface area contributed by atoms with Crippen LogP contribution in [-0.2, 0) is 9.53 Å². The fourth-order valence-electron chi connectivity index (χ4n) is 5.14. The average Bonchev–Trinajstić information content (AvgIpc) is 3.48. The molecule has 9 heteroatoms. The molecule has 0 spiro atoms. The van der Waals surface area contributed by atoms with Gasteiger partial charge in [0.15, 0.2) is 5.65 Å². The number of amides is 1. The number of carbonyl (C=O) groups is 1. The lowest BCUT2D eigenvalue weighted by atomic mass is 9.93. The van der Waals surface area contributed by atoms with Crippen molar-refractivity contribution in [2.24, 2.45) is 0 Å². The minimum atomic E-state index is -0.0466. The normalized spacial score (nSPS) is 14.9. The highest BCUT2D eigenvalue weighted by atomic mass is 16.5. The maximum Gasteiger partial charge on any atom is 0.237 e. The largest absolute Gasteiger partial charge is 0.377 e. The highest BCUT2D eigenvalue weighted by Gasteiger charge is 2.34. The van der Waals surface area contributed by atoms with Crippen molar-refractivity contribution in [2.45, 2.75) is 45.7 Å². The number of likely N-dealkylation sites (N-methyl/N-ethyl adjacent to an activating group) is 1. The molecule has 1 aromatic carbocycles. The van der Waals surface area contributed by atoms with Crippen molar-refractivity contribution in [3.63, 3.8) is 0 Å². The summed E-state index contributed by atoms with van der Waals surface area (Å²) in [5.41, 5.74) is 8.16. The van der Waals surface area contributed by atoms with Gasteiger partial charge in [-0.1, -0.05) is 38.1 Å². The second-order valence-electron chi connectivity index (χ2n) is 10.5. The lowest BCUT2D eigenvalue weighted by molar-refractivity contribution is -0.149. The number of carbonyl (C=O) groups excluding carboxylic acids is 1. The Morgan fingerprint density at radius 1 is 1.16 bits per heavy atom. The van der Waals surface area contributed by atoms with Crippen LogP contribution in [0.5, 0.6) is 0 Å². The van der Waals surface area contributed by atoms with E-state index in [-0.39, 0.29) is 23.9 Å². The first-order valence-corrected chi connectivity index (χ1v) is 12.8. The zero-order valence-electron chi connectivity index (χ0n) is 22.4. The van der Waals surface area contributed by atoms with Crippen LogP contribution in [0.15, 0.2) is 42.9 Å². The van der Waals surface area contributed by atoms with Crippen molar-refractivity contribution in [2.75, 3.05) is 33.9 Å². The molecule has 0 saturated carbocycles. The van der Waals surface area contributed by atoms with Crippen LogP contribution in [0.3, 0.4) is 0 Å². The number of nitrogens with zero attached hydrogens (tertiary/aromatic N) is 6. The number of ether oxygens (including phenoxy) is 1. The first-order chi connectivity index (χ1) is 17.7. The molecule has 0 bridgehead atoms. The maximum absolute atomic E-state index is 13.0. The summed E-state index contributed by atoms with van der Waals surface area (Å²) in [6.45, 7) is 10.1. The summed E-state index contributed by atoms with van der Waals surface area (Å²) < 4.78 is 7.21. The third-order valence-electron chi connectivity index (χ3n) is 7.07. The molecule has 0 aliphatic carbocycles. The van der Waals surface area contributed by atoms with Gasteiger partial charge >= 0.3 is 0 Å². The van der Waals surface area contributed by atoms with Crippen molar-refractivity contribution in [1.29, 1.82) is 0 Å². The standard InChI is InChI=1S/C28H35N7O2/c1-17(2)25-26(31-32-27(25)22-11-18(3)28-29-16-30-34(28)12-22)21-9-7-20(8-10-21)19(4)35(23-14-37-15-23)24(36)13-33(5)6/h7-12,16-17,19,23H,13-15H2,1-6H3,(H,31,32). The predicted octanol–water partition coefficient (Wildman–Crippen LogP) is 4.07. The first-order valence-electron chi connectivity index (χ1n) is 12.8. The van der Waals surface area contributed by atoms with Crippen LogP contribution in [-0.4, -0.2) is 80.4 Å². The molecular weight excluding hydrogens is 466 g/mol. The monoisotopic (exact) mass is 501 g/mol. The lowest BCUT2D eigenvalue weighted by Crippen LogP contribution is -2.54. The van der Waals surface area contributed by atoms with Crippen LogP contribution in [0.1, 0.15) is 49.4 Å². The van der Waals surface area contributed by atoms with E-state index in [1.165, 1.54) is 0 Å². The van der Waals surface area contributed by atoms with Gasteiger partial charge in [-0.15, -0.1) is 0 Å². The van der Waals surface area contributed by atoms with Gasteiger partial charge in [0.25, 0.3) is 0 Å². The summed E-state index contributed by atoms with van der Waals surface area (Å²) >= 11 is 0. The number of aryl methyl sites for hydroxylation is 1. The molecule has 1 unspecified atom stereocenters. The van der Waals surface area contributed by atoms with Crippen LogP contribution in [0, 0.1) is 6.92 Å². The zero-order valence-corrected chi connectivity index (χ0v) is 22.4. The van der Waals surface area contributed by atoms with Crippen molar-refractivity contribution in [3.05, 3.63) is 59.5 Å². The van der Waals surface area contributed by atoms with Gasteiger partial charge in [0.1, 0.15) is 6.33 Å². The number of H-pyrrole nitrogens is 1. The summed E-state index contributed by atoms with van der Waals surface area (Å²) in [7, 11) is 3.84. The van der Waals surface area contributed by atoms with Gasteiger partial charge in [-0.25, -0.2) is 9.50 Å². The number of pyridine rings is 1. The summed E-state index contributed by atoms with van der Waals surface area (Å²) in [5, 5.41) is 12.4. The molecule has 5 rings (SSSR count). The van der Waals surface area contributed by atoms with Crippen LogP contribution in [0.25, 0.3) is 28.2 Å². The number of aromatic amines is 1. The smallest absolute Gasteiger partial charge is 0.237 e. The van der Waals surface area contributed by atoms with E-state index in [1.54, 1.807) is 10.8 Å². The minimum absolute atomic E-state index is 0.0466. The van der Waals surface area contributed by atoms with Gasteiger partial charge in [-0.05, 0) is 56.6 Å². The SMILES string of the molecule is Cc1cc(-c2n[nH]c(-c3ccc(C(C)N(C(=O)CN(C)C)C4COC4)cc3)c2C(C)C)cn2ncnc12. The Bertz CT molecular complexity index is 1400.